The molecule has 1 aliphatic carbocycles. The minimum Gasteiger partial charge on any atom is -0.492 e. The second-order valence-electron chi connectivity index (χ2n) is 7.35. The fourth-order valence-corrected chi connectivity index (χ4v) is 2.80. The van der Waals surface area contributed by atoms with Crippen molar-refractivity contribution in [3.8, 4) is 11.8 Å². The van der Waals surface area contributed by atoms with E-state index in [2.05, 4.69) is 5.32 Å². The molecule has 1 fully saturated rings. The Labute approximate surface area is 146 Å². The third-order valence-electron chi connectivity index (χ3n) is 4.09. The number of aromatic nitrogens is 1. The Balaban J connectivity index is 1.74. The van der Waals surface area contributed by atoms with Gasteiger partial charge in [-0.1, -0.05) is 0 Å². The third-order valence-corrected chi connectivity index (χ3v) is 4.09. The molecule has 140 valence electrons. The van der Waals surface area contributed by atoms with E-state index in [0.717, 1.165) is 12.8 Å². The topological polar surface area (TPSA) is 110 Å². The maximum Gasteiger partial charge on any atom is 0.407 e. The van der Waals surface area contributed by atoms with Crippen molar-refractivity contribution >= 4 is 12.1 Å². The third kappa shape index (κ3) is 5.58. The predicted octanol–water partition coefficient (Wildman–Crippen LogP) is 2.19. The molecule has 1 amide bonds. The quantitative estimate of drug-likeness (QED) is 0.764. The van der Waals surface area contributed by atoms with Gasteiger partial charge in [-0.05, 0) is 52.4 Å². The highest BCUT2D eigenvalue weighted by Crippen LogP contribution is 2.29. The van der Waals surface area contributed by atoms with Crippen molar-refractivity contribution in [1.29, 1.82) is 0 Å². The van der Waals surface area contributed by atoms with E-state index in [1.54, 1.807) is 0 Å². The zero-order valence-electron chi connectivity index (χ0n) is 14.8. The highest BCUT2D eigenvalue weighted by molar-refractivity contribution is 5.73. The van der Waals surface area contributed by atoms with Crippen LogP contribution in [-0.4, -0.2) is 39.2 Å². The van der Waals surface area contributed by atoms with Crippen LogP contribution in [0.2, 0.25) is 0 Å². The molecule has 8 heteroatoms. The summed E-state index contributed by atoms with van der Waals surface area (Å²) in [5.41, 5.74) is -0.527. The van der Waals surface area contributed by atoms with Crippen LogP contribution in [0.1, 0.15) is 46.5 Å². The molecule has 3 N–H and O–H groups in total. The number of alkyl carbamates (subject to hydrolysis) is 1. The summed E-state index contributed by atoms with van der Waals surface area (Å²) in [4.78, 5) is 28.8. The lowest BCUT2D eigenvalue weighted by Gasteiger charge is -2.27. The molecule has 0 radical (unpaired) electrons. The Morgan fingerprint density at radius 2 is 1.72 bits per heavy atom. The van der Waals surface area contributed by atoms with Gasteiger partial charge in [-0.25, -0.2) is 9.59 Å². The lowest BCUT2D eigenvalue weighted by atomic mass is 9.82. The van der Waals surface area contributed by atoms with Crippen LogP contribution in [0.4, 0.5) is 4.79 Å². The summed E-state index contributed by atoms with van der Waals surface area (Å²) in [6.45, 7) is 5.94. The second-order valence-corrected chi connectivity index (χ2v) is 7.35. The van der Waals surface area contributed by atoms with Crippen LogP contribution in [0.25, 0.3) is 0 Å². The lowest BCUT2D eigenvalue weighted by molar-refractivity contribution is -0.151. The Kier molecular flexibility index (Phi) is 5.81. The fourth-order valence-electron chi connectivity index (χ4n) is 2.80. The minimum absolute atomic E-state index is 0.282. The highest BCUT2D eigenvalue weighted by atomic mass is 16.7. The molecule has 0 bridgehead atoms. The van der Waals surface area contributed by atoms with E-state index in [-0.39, 0.29) is 23.6 Å². The molecule has 0 spiro atoms. The lowest BCUT2D eigenvalue weighted by Crippen LogP contribution is -2.37. The van der Waals surface area contributed by atoms with Gasteiger partial charge in [0.2, 0.25) is 11.8 Å². The summed E-state index contributed by atoms with van der Waals surface area (Å²) < 4.78 is 5.90. The number of aromatic hydroxyl groups is 2. The van der Waals surface area contributed by atoms with Crippen molar-refractivity contribution in [1.82, 2.24) is 10.0 Å². The molecule has 0 unspecified atom stereocenters. The number of hydrogen-bond donors (Lipinski definition) is 3. The largest absolute Gasteiger partial charge is 0.492 e. The van der Waals surface area contributed by atoms with E-state index in [9.17, 15) is 19.8 Å². The summed E-state index contributed by atoms with van der Waals surface area (Å²) in [6.07, 6.45) is 2.37. The highest BCUT2D eigenvalue weighted by Gasteiger charge is 2.29. The van der Waals surface area contributed by atoms with Gasteiger partial charge in [0.15, 0.2) is 0 Å². The molecule has 1 aliphatic rings. The van der Waals surface area contributed by atoms with Crippen molar-refractivity contribution in [2.75, 3.05) is 6.54 Å². The summed E-state index contributed by atoms with van der Waals surface area (Å²) >= 11 is 0. The molecular formula is C17H26N2O6. The Hall–Kier alpha value is -2.38. The SMILES string of the molecule is CC(C)(C)OC(=O)NCC1CCC(C(=O)On2c(O)ccc2O)CC1. The van der Waals surface area contributed by atoms with E-state index in [1.807, 2.05) is 20.8 Å². The maximum atomic E-state index is 12.1. The smallest absolute Gasteiger partial charge is 0.407 e. The first-order chi connectivity index (χ1) is 11.7. The number of hydrogen-bond acceptors (Lipinski definition) is 6. The van der Waals surface area contributed by atoms with Gasteiger partial charge in [-0.15, -0.1) is 4.73 Å². The Morgan fingerprint density at radius 1 is 1.16 bits per heavy atom. The fraction of sp³-hybridized carbons (Fsp3) is 0.647. The first kappa shape index (κ1) is 19.0. The number of ether oxygens (including phenoxy) is 1. The standard InChI is InChI=1S/C17H26N2O6/c1-17(2,3)24-16(23)18-10-11-4-6-12(7-5-11)15(22)25-19-13(20)8-9-14(19)21/h8-9,11-12,20-21H,4-7,10H2,1-3H3,(H,18,23). The monoisotopic (exact) mass is 354 g/mol. The van der Waals surface area contributed by atoms with E-state index in [1.165, 1.54) is 12.1 Å². The van der Waals surface area contributed by atoms with Gasteiger partial charge < -0.3 is 25.1 Å². The van der Waals surface area contributed by atoms with E-state index in [4.69, 9.17) is 9.57 Å². The molecule has 0 saturated heterocycles. The Bertz CT molecular complexity index is 592. The van der Waals surface area contributed by atoms with Gasteiger partial charge in [0, 0.05) is 18.7 Å². The average Bonchev–Trinajstić information content (AvgIpc) is 2.83. The van der Waals surface area contributed by atoms with Gasteiger partial charge in [0.1, 0.15) is 5.60 Å². The molecule has 1 heterocycles. The van der Waals surface area contributed by atoms with Gasteiger partial charge in [-0.3, -0.25) is 0 Å². The molecule has 1 aromatic heterocycles. The van der Waals surface area contributed by atoms with Crippen LogP contribution in [0.5, 0.6) is 11.8 Å². The van der Waals surface area contributed by atoms with Crippen LogP contribution < -0.4 is 10.2 Å². The van der Waals surface area contributed by atoms with E-state index >= 15 is 0 Å². The normalized spacial score (nSPS) is 20.8. The van der Waals surface area contributed by atoms with Crippen LogP contribution >= 0.6 is 0 Å². The molecule has 0 aromatic carbocycles. The first-order valence-corrected chi connectivity index (χ1v) is 8.44. The molecule has 0 aliphatic heterocycles. The van der Waals surface area contributed by atoms with Crippen molar-refractivity contribution < 1.29 is 29.4 Å². The van der Waals surface area contributed by atoms with Gasteiger partial charge in [-0.2, -0.15) is 0 Å². The van der Waals surface area contributed by atoms with E-state index in [0.29, 0.717) is 24.1 Å². The van der Waals surface area contributed by atoms with Crippen molar-refractivity contribution in [2.45, 2.75) is 52.1 Å². The minimum atomic E-state index is -0.527. The molecule has 25 heavy (non-hydrogen) atoms. The molecule has 1 aromatic rings. The Morgan fingerprint density at radius 3 is 2.24 bits per heavy atom. The average molecular weight is 354 g/mol. The molecule has 1 saturated carbocycles. The summed E-state index contributed by atoms with van der Waals surface area (Å²) in [6, 6.07) is 2.48. The second kappa shape index (κ2) is 7.67. The molecule has 0 atom stereocenters. The number of carbonyl (C=O) groups excluding carboxylic acids is 2. The first-order valence-electron chi connectivity index (χ1n) is 8.44. The van der Waals surface area contributed by atoms with Crippen LogP contribution in [-0.2, 0) is 9.53 Å². The zero-order chi connectivity index (χ0) is 18.6. The van der Waals surface area contributed by atoms with Gasteiger partial charge in [0.25, 0.3) is 0 Å². The van der Waals surface area contributed by atoms with Crippen LogP contribution in [0.15, 0.2) is 12.1 Å². The van der Waals surface area contributed by atoms with Crippen molar-refractivity contribution in [2.24, 2.45) is 11.8 Å². The molecule has 8 nitrogen and oxygen atoms in total. The molecular weight excluding hydrogens is 328 g/mol. The van der Waals surface area contributed by atoms with Gasteiger partial charge >= 0.3 is 12.1 Å². The number of rotatable bonds is 4. The summed E-state index contributed by atoms with van der Waals surface area (Å²) in [5.74, 6) is -1.16. The number of carbonyl (C=O) groups is 2. The molecule has 2 rings (SSSR count). The number of nitrogens with zero attached hydrogens (tertiary/aromatic N) is 1. The van der Waals surface area contributed by atoms with Gasteiger partial charge in [0.05, 0.1) is 5.92 Å². The van der Waals surface area contributed by atoms with Crippen molar-refractivity contribution in [3.63, 3.8) is 0 Å². The summed E-state index contributed by atoms with van der Waals surface area (Å²) in [7, 11) is 0. The summed E-state index contributed by atoms with van der Waals surface area (Å²) in [5, 5.41) is 21.8. The maximum absolute atomic E-state index is 12.1. The zero-order valence-corrected chi connectivity index (χ0v) is 14.8. The van der Waals surface area contributed by atoms with Crippen LogP contribution in [0.3, 0.4) is 0 Å². The predicted molar refractivity (Wildman–Crippen MR) is 89.0 cm³/mol. The van der Waals surface area contributed by atoms with Crippen LogP contribution in [0, 0.1) is 11.8 Å². The number of amides is 1. The van der Waals surface area contributed by atoms with E-state index < -0.39 is 17.7 Å². The number of nitrogens with one attached hydrogen (secondary N) is 1. The van der Waals surface area contributed by atoms with Crippen molar-refractivity contribution in [3.05, 3.63) is 12.1 Å².